The number of hydrogen-bond donors (Lipinski definition) is 1. The molecule has 3 rings (SSSR count). The molecule has 0 saturated carbocycles. The zero-order chi connectivity index (χ0) is 22.1. The van der Waals surface area contributed by atoms with Gasteiger partial charge < -0.3 is 9.73 Å². The number of hydrogen-bond acceptors (Lipinski definition) is 6. The van der Waals surface area contributed by atoms with Gasteiger partial charge in [-0.1, -0.05) is 44.1 Å². The van der Waals surface area contributed by atoms with Gasteiger partial charge in [-0.25, -0.2) is 4.68 Å². The van der Waals surface area contributed by atoms with Crippen LogP contribution in [0.3, 0.4) is 0 Å². The molecule has 0 radical (unpaired) electrons. The molecular formula is C21H26ClN5O2S. The number of thioether (sulfide) groups is 1. The van der Waals surface area contributed by atoms with Gasteiger partial charge in [-0.15, -0.1) is 10.2 Å². The van der Waals surface area contributed by atoms with Crippen LogP contribution in [0.5, 0.6) is 0 Å². The van der Waals surface area contributed by atoms with E-state index in [1.165, 1.54) is 11.8 Å². The van der Waals surface area contributed by atoms with Crippen LogP contribution in [0.15, 0.2) is 40.0 Å². The van der Waals surface area contributed by atoms with Crippen LogP contribution >= 0.6 is 23.4 Å². The molecule has 0 aliphatic carbocycles. The number of carbonyl (C=O) groups excluding carboxylic acids is 1. The summed E-state index contributed by atoms with van der Waals surface area (Å²) in [5.74, 6) is 1.03. The van der Waals surface area contributed by atoms with Crippen molar-refractivity contribution >= 4 is 35.1 Å². The third-order valence-electron chi connectivity index (χ3n) is 4.21. The molecule has 0 bridgehead atoms. The molecule has 1 N–H and O–H groups in total. The van der Waals surface area contributed by atoms with Gasteiger partial charge >= 0.3 is 0 Å². The Labute approximate surface area is 185 Å². The van der Waals surface area contributed by atoms with Crippen LogP contribution in [0.4, 0.5) is 5.82 Å². The predicted octanol–water partition coefficient (Wildman–Crippen LogP) is 5.37. The Bertz CT molecular complexity index is 1030. The normalized spacial score (nSPS) is 12.2. The molecule has 30 heavy (non-hydrogen) atoms. The number of nitrogens with zero attached hydrogens (tertiary/aromatic N) is 4. The summed E-state index contributed by atoms with van der Waals surface area (Å²) in [6.07, 6.45) is 0. The maximum absolute atomic E-state index is 12.6. The van der Waals surface area contributed by atoms with Crippen LogP contribution in [-0.4, -0.2) is 31.6 Å². The molecule has 1 aromatic carbocycles. The molecule has 0 fully saturated rings. The van der Waals surface area contributed by atoms with Gasteiger partial charge in [0, 0.05) is 22.1 Å². The molecular weight excluding hydrogens is 422 g/mol. The highest BCUT2D eigenvalue weighted by Crippen LogP contribution is 2.29. The van der Waals surface area contributed by atoms with Crippen molar-refractivity contribution in [1.82, 2.24) is 20.0 Å². The zero-order valence-electron chi connectivity index (χ0n) is 18.0. The van der Waals surface area contributed by atoms with Gasteiger partial charge in [-0.3, -0.25) is 4.79 Å². The van der Waals surface area contributed by atoms with Crippen molar-refractivity contribution in [2.24, 2.45) is 0 Å². The molecule has 0 saturated heterocycles. The summed E-state index contributed by atoms with van der Waals surface area (Å²) in [5, 5.41) is 16.7. The number of carbonyl (C=O) groups is 1. The van der Waals surface area contributed by atoms with Crippen LogP contribution < -0.4 is 5.32 Å². The van der Waals surface area contributed by atoms with Crippen molar-refractivity contribution in [3.63, 3.8) is 0 Å². The first-order valence-corrected chi connectivity index (χ1v) is 10.9. The number of halogens is 1. The highest BCUT2D eigenvalue weighted by atomic mass is 35.5. The van der Waals surface area contributed by atoms with Gasteiger partial charge in [-0.2, -0.15) is 5.10 Å². The fourth-order valence-electron chi connectivity index (χ4n) is 2.63. The number of anilines is 1. The number of benzene rings is 1. The molecule has 2 heterocycles. The van der Waals surface area contributed by atoms with Gasteiger partial charge in [0.2, 0.25) is 11.8 Å². The Hall–Kier alpha value is -2.32. The summed E-state index contributed by atoms with van der Waals surface area (Å²) >= 11 is 7.08. The van der Waals surface area contributed by atoms with Crippen molar-refractivity contribution in [3.8, 4) is 11.5 Å². The summed E-state index contributed by atoms with van der Waals surface area (Å²) in [4.78, 5) is 12.6. The number of aromatic nitrogens is 4. The van der Waals surface area contributed by atoms with Crippen molar-refractivity contribution in [2.75, 3.05) is 11.1 Å². The lowest BCUT2D eigenvalue weighted by Crippen LogP contribution is -2.27. The smallest absolute Gasteiger partial charge is 0.277 e. The minimum atomic E-state index is -0.265. The van der Waals surface area contributed by atoms with Gasteiger partial charge in [-0.05, 0) is 45.0 Å². The molecule has 3 aromatic rings. The minimum absolute atomic E-state index is 0.118. The molecule has 0 aliphatic heterocycles. The Kier molecular flexibility index (Phi) is 6.29. The number of nitrogens with one attached hydrogen (secondary N) is 1. The summed E-state index contributed by atoms with van der Waals surface area (Å²) in [6, 6.07) is 9.05. The zero-order valence-corrected chi connectivity index (χ0v) is 19.6. The van der Waals surface area contributed by atoms with Crippen LogP contribution in [-0.2, 0) is 15.7 Å². The summed E-state index contributed by atoms with van der Waals surface area (Å²) < 4.78 is 7.49. The lowest BCUT2D eigenvalue weighted by atomic mass is 9.92. The van der Waals surface area contributed by atoms with Gasteiger partial charge in [0.05, 0.1) is 17.0 Å². The molecule has 2 aromatic heterocycles. The van der Waals surface area contributed by atoms with Gasteiger partial charge in [0.15, 0.2) is 0 Å². The summed E-state index contributed by atoms with van der Waals surface area (Å²) in [6.45, 7) is 12.4. The quantitative estimate of drug-likeness (QED) is 0.529. The Morgan fingerprint density at radius 1 is 1.13 bits per heavy atom. The monoisotopic (exact) mass is 447 g/mol. The van der Waals surface area contributed by atoms with Crippen LogP contribution in [0.2, 0.25) is 5.02 Å². The largest absolute Gasteiger partial charge is 0.411 e. The van der Waals surface area contributed by atoms with E-state index in [0.29, 0.717) is 22.0 Å². The highest BCUT2D eigenvalue weighted by molar-refractivity contribution is 7.99. The fraction of sp³-hybridized carbons (Fsp3) is 0.429. The number of amides is 1. The first-order valence-electron chi connectivity index (χ1n) is 9.56. The fourth-order valence-corrected chi connectivity index (χ4v) is 3.32. The lowest BCUT2D eigenvalue weighted by molar-refractivity contribution is -0.113. The van der Waals surface area contributed by atoms with E-state index in [9.17, 15) is 4.79 Å². The minimum Gasteiger partial charge on any atom is -0.411 e. The highest BCUT2D eigenvalue weighted by Gasteiger charge is 2.26. The van der Waals surface area contributed by atoms with E-state index in [4.69, 9.17) is 21.1 Å². The van der Waals surface area contributed by atoms with E-state index in [1.54, 1.807) is 24.3 Å². The van der Waals surface area contributed by atoms with E-state index >= 15 is 0 Å². The molecule has 1 amide bonds. The van der Waals surface area contributed by atoms with Crippen LogP contribution in [0.25, 0.3) is 11.5 Å². The van der Waals surface area contributed by atoms with E-state index in [2.05, 4.69) is 36.3 Å². The Morgan fingerprint density at radius 3 is 2.40 bits per heavy atom. The summed E-state index contributed by atoms with van der Waals surface area (Å²) in [7, 11) is 0. The van der Waals surface area contributed by atoms with Crippen LogP contribution in [0, 0.1) is 0 Å². The standard InChI is InChI=1S/C21H26ClN5O2S/c1-20(2,3)15-11-16(27(26-15)21(4,5)6)23-17(28)12-30-19-25-24-18(29-19)13-7-9-14(22)10-8-13/h7-11H,12H2,1-6H3,(H,23,28). The Balaban J connectivity index is 1.67. The average molecular weight is 448 g/mol. The SMILES string of the molecule is CC(C)(C)c1cc(NC(=O)CSc2nnc(-c3ccc(Cl)cc3)o2)n(C(C)(C)C)n1. The maximum Gasteiger partial charge on any atom is 0.277 e. The molecule has 7 nitrogen and oxygen atoms in total. The van der Waals surface area contributed by atoms with Crippen molar-refractivity contribution < 1.29 is 9.21 Å². The van der Waals surface area contributed by atoms with E-state index in [-0.39, 0.29) is 22.6 Å². The molecule has 9 heteroatoms. The van der Waals surface area contributed by atoms with Crippen LogP contribution in [0.1, 0.15) is 47.2 Å². The number of rotatable bonds is 5. The molecule has 0 aliphatic rings. The molecule has 0 spiro atoms. The van der Waals surface area contributed by atoms with Gasteiger partial charge in [0.25, 0.3) is 5.22 Å². The van der Waals surface area contributed by atoms with E-state index < -0.39 is 0 Å². The molecule has 0 atom stereocenters. The first kappa shape index (κ1) is 22.4. The predicted molar refractivity (Wildman–Crippen MR) is 120 cm³/mol. The first-order chi connectivity index (χ1) is 13.9. The third-order valence-corrected chi connectivity index (χ3v) is 5.28. The molecule has 0 unspecified atom stereocenters. The second-order valence-corrected chi connectivity index (χ2v) is 10.3. The second-order valence-electron chi connectivity index (χ2n) is 8.96. The topological polar surface area (TPSA) is 85.8 Å². The summed E-state index contributed by atoms with van der Waals surface area (Å²) in [5.41, 5.74) is 1.31. The van der Waals surface area contributed by atoms with E-state index in [0.717, 1.165) is 11.3 Å². The third kappa shape index (κ3) is 5.43. The molecule has 160 valence electrons. The second kappa shape index (κ2) is 8.43. The van der Waals surface area contributed by atoms with Crippen molar-refractivity contribution in [3.05, 3.63) is 41.0 Å². The van der Waals surface area contributed by atoms with Crippen molar-refractivity contribution in [1.29, 1.82) is 0 Å². The van der Waals surface area contributed by atoms with Crippen molar-refractivity contribution in [2.45, 2.75) is 57.7 Å². The van der Waals surface area contributed by atoms with Gasteiger partial charge in [0.1, 0.15) is 5.82 Å². The lowest BCUT2D eigenvalue weighted by Gasteiger charge is -2.23. The van der Waals surface area contributed by atoms with E-state index in [1.807, 2.05) is 31.5 Å². The maximum atomic E-state index is 12.6. The Morgan fingerprint density at radius 2 is 1.80 bits per heavy atom. The average Bonchev–Trinajstić information content (AvgIpc) is 3.27.